The minimum Gasteiger partial charge on any atom is -0.0636 e. The third-order valence-corrected chi connectivity index (χ3v) is 22.5. The molecule has 0 N–H and O–H groups in total. The first-order valence-corrected chi connectivity index (χ1v) is 28.6. The molecule has 0 radical (unpaired) electrons. The van der Waals surface area contributed by atoms with E-state index in [0.29, 0.717) is 0 Å². The van der Waals surface area contributed by atoms with E-state index in [1.54, 1.807) is 20.8 Å². The average Bonchev–Trinajstić information content (AvgIpc) is 3.61. The van der Waals surface area contributed by atoms with Gasteiger partial charge < -0.3 is 0 Å². The Kier molecular flexibility index (Phi) is 14.7. The number of benzene rings is 9. The molecule has 1 atom stereocenters. The summed E-state index contributed by atoms with van der Waals surface area (Å²) in [7, 11) is -3.54. The topological polar surface area (TPSA) is 0 Å². The molecule has 0 aromatic heterocycles. The summed E-state index contributed by atoms with van der Waals surface area (Å²) < 4.78 is 0. The van der Waals surface area contributed by atoms with Crippen molar-refractivity contribution in [3.63, 3.8) is 0 Å². The zero-order valence-corrected chi connectivity index (χ0v) is 45.1. The minimum absolute atomic E-state index is 0.219. The van der Waals surface area contributed by atoms with Crippen molar-refractivity contribution < 1.29 is 0 Å². The first-order chi connectivity index (χ1) is 35.6. The summed E-state index contributed by atoms with van der Waals surface area (Å²) in [5, 5.41) is 6.39. The van der Waals surface area contributed by atoms with Crippen LogP contribution in [-0.2, 0) is 38.5 Å². The zero-order valence-electron chi connectivity index (χ0n) is 44.1. The van der Waals surface area contributed by atoms with Crippen molar-refractivity contribution in [3.05, 3.63) is 324 Å². The van der Waals surface area contributed by atoms with E-state index in [4.69, 9.17) is 0 Å². The van der Waals surface area contributed by atoms with Crippen molar-refractivity contribution in [1.29, 1.82) is 0 Å². The van der Waals surface area contributed by atoms with Gasteiger partial charge in [0.15, 0.2) is 8.07 Å². The second-order valence-corrected chi connectivity index (χ2v) is 24.5. The molecular weight excluding hydrogens is 893 g/mol. The van der Waals surface area contributed by atoms with Crippen molar-refractivity contribution in [2.24, 2.45) is 5.92 Å². The van der Waals surface area contributed by atoms with Crippen molar-refractivity contribution in [3.8, 4) is 0 Å². The van der Waals surface area contributed by atoms with Crippen LogP contribution >= 0.6 is 0 Å². The Balaban J connectivity index is 1.45. The Bertz CT molecular complexity index is 3090. The van der Waals surface area contributed by atoms with Gasteiger partial charge in [0.05, 0.1) is 0 Å². The molecule has 0 saturated heterocycles. The maximum Gasteiger partial charge on any atom is 0.178 e. The van der Waals surface area contributed by atoms with E-state index in [1.807, 2.05) is 0 Å². The summed E-state index contributed by atoms with van der Waals surface area (Å²) in [6.07, 6.45) is 5.14. The van der Waals surface area contributed by atoms with E-state index in [2.05, 4.69) is 267 Å². The van der Waals surface area contributed by atoms with Crippen LogP contribution < -0.4 is 15.6 Å². The number of hydrogen-bond acceptors (Lipinski definition) is 0. The van der Waals surface area contributed by atoms with Gasteiger partial charge in [-0.2, -0.15) is 0 Å². The Labute approximate surface area is 437 Å². The molecule has 0 nitrogen and oxygen atoms in total. The number of allylic oxidation sites excluding steroid dienone is 4. The molecule has 73 heavy (non-hydrogen) atoms. The third kappa shape index (κ3) is 9.97. The molecule has 0 amide bonds. The molecule has 0 aliphatic heterocycles. The van der Waals surface area contributed by atoms with Crippen molar-refractivity contribution in [2.75, 3.05) is 0 Å². The number of hydrogen-bond donors (Lipinski definition) is 0. The molecule has 0 heterocycles. The molecule has 9 aromatic rings. The summed E-state index contributed by atoms with van der Waals surface area (Å²) in [4.78, 5) is 0. The maximum atomic E-state index is 2.57. The second kappa shape index (κ2) is 21.8. The summed E-state index contributed by atoms with van der Waals surface area (Å²) in [5.41, 5.74) is 25.4. The van der Waals surface area contributed by atoms with Gasteiger partial charge in [0, 0.05) is 0 Å². The molecule has 10 rings (SSSR count). The highest BCUT2D eigenvalue weighted by atomic mass is 28.3. The second-order valence-electron chi connectivity index (χ2n) is 20.9. The van der Waals surface area contributed by atoms with E-state index in [1.165, 1.54) is 100 Å². The Hall–Kier alpha value is -7.32. The Morgan fingerprint density at radius 1 is 0.274 bits per heavy atom. The first-order valence-electron chi connectivity index (χ1n) is 26.6. The highest BCUT2D eigenvalue weighted by Crippen LogP contribution is 2.44. The highest BCUT2D eigenvalue weighted by Gasteiger charge is 2.53. The largest absolute Gasteiger partial charge is 0.178 e. The van der Waals surface area contributed by atoms with Crippen LogP contribution in [0.15, 0.2) is 240 Å². The van der Waals surface area contributed by atoms with Gasteiger partial charge >= 0.3 is 0 Å². The first kappa shape index (κ1) is 49.3. The predicted molar refractivity (Wildman–Crippen MR) is 314 cm³/mol. The standard InChI is InChI=1S/C72H70Si/c1-50-51(2)53(4)69(52(50)3)73(70-54(5)63(44-57-26-14-8-15-27-57)38-41-66(70)47-60-32-20-11-21-33-60,71-55(6)64(45-58-28-16-9-17-29-58)39-42-67(71)48-61-34-22-12-23-35-61)72-56(7)65(46-59-30-18-10-19-31-59)40-43-68(72)49-62-36-24-13-25-37-62/h8-43,52H,44-49H2,1-7H3. The highest BCUT2D eigenvalue weighted by molar-refractivity contribution is 7.17. The molecule has 9 aromatic carbocycles. The minimum atomic E-state index is -3.54. The molecule has 1 aliphatic carbocycles. The van der Waals surface area contributed by atoms with E-state index >= 15 is 0 Å². The van der Waals surface area contributed by atoms with E-state index in [0.717, 1.165) is 38.5 Å². The summed E-state index contributed by atoms with van der Waals surface area (Å²) in [5.74, 6) is 0.219. The van der Waals surface area contributed by atoms with Gasteiger partial charge in [-0.15, -0.1) is 0 Å². The zero-order chi connectivity index (χ0) is 50.5. The maximum absolute atomic E-state index is 3.54. The van der Waals surface area contributed by atoms with Gasteiger partial charge in [-0.05, 0) is 191 Å². The fourth-order valence-electron chi connectivity index (χ4n) is 12.7. The monoisotopic (exact) mass is 963 g/mol. The smallest absolute Gasteiger partial charge is 0.0636 e. The molecule has 0 fully saturated rings. The van der Waals surface area contributed by atoms with Crippen molar-refractivity contribution in [1.82, 2.24) is 0 Å². The molecular formula is C72H70Si. The molecule has 1 aliphatic rings. The quantitative estimate of drug-likeness (QED) is 0.0669. The average molecular weight is 963 g/mol. The van der Waals surface area contributed by atoms with Crippen LogP contribution in [0.1, 0.15) is 111 Å². The normalized spacial score (nSPS) is 13.8. The lowest BCUT2D eigenvalue weighted by Gasteiger charge is -2.45. The van der Waals surface area contributed by atoms with Crippen LogP contribution in [0.5, 0.6) is 0 Å². The molecule has 0 saturated carbocycles. The summed E-state index contributed by atoms with van der Waals surface area (Å²) in [6, 6.07) is 82.6. The van der Waals surface area contributed by atoms with Crippen molar-refractivity contribution in [2.45, 2.75) is 87.0 Å². The number of rotatable bonds is 16. The molecule has 0 bridgehead atoms. The summed E-state index contributed by atoms with van der Waals surface area (Å²) >= 11 is 0. The van der Waals surface area contributed by atoms with Crippen LogP contribution in [0.2, 0.25) is 0 Å². The lowest BCUT2D eigenvalue weighted by Crippen LogP contribution is -2.74. The van der Waals surface area contributed by atoms with Gasteiger partial charge in [0.25, 0.3) is 0 Å². The van der Waals surface area contributed by atoms with Crippen LogP contribution in [0.4, 0.5) is 0 Å². The van der Waals surface area contributed by atoms with Crippen LogP contribution in [0, 0.1) is 26.7 Å². The summed E-state index contributed by atoms with van der Waals surface area (Å²) in [6.45, 7) is 17.5. The molecule has 1 unspecified atom stereocenters. The van der Waals surface area contributed by atoms with Crippen LogP contribution in [0.25, 0.3) is 0 Å². The fraction of sp³-hybridized carbons (Fsp3) is 0.194. The van der Waals surface area contributed by atoms with Gasteiger partial charge in [-0.25, -0.2) is 0 Å². The third-order valence-electron chi connectivity index (χ3n) is 16.6. The van der Waals surface area contributed by atoms with Crippen molar-refractivity contribution >= 4 is 23.6 Å². The SMILES string of the molecule is CC1=C(C)C(C)C([Si](c2c(Cc3ccccc3)ccc(Cc3ccccc3)c2C)(c2c(Cc3ccccc3)ccc(Cc3ccccc3)c2C)c2c(Cc3ccccc3)ccc(Cc3ccccc3)c2C)=C1C. The van der Waals surface area contributed by atoms with E-state index in [-0.39, 0.29) is 5.92 Å². The Morgan fingerprint density at radius 3 is 0.712 bits per heavy atom. The lowest BCUT2D eigenvalue weighted by atomic mass is 9.95. The Morgan fingerprint density at radius 2 is 0.493 bits per heavy atom. The lowest BCUT2D eigenvalue weighted by molar-refractivity contribution is 0.850. The van der Waals surface area contributed by atoms with Crippen LogP contribution in [0.3, 0.4) is 0 Å². The predicted octanol–water partition coefficient (Wildman–Crippen LogP) is 15.5. The van der Waals surface area contributed by atoms with Gasteiger partial charge in [-0.3, -0.25) is 0 Å². The van der Waals surface area contributed by atoms with Gasteiger partial charge in [0.1, 0.15) is 0 Å². The van der Waals surface area contributed by atoms with Crippen LogP contribution in [-0.4, -0.2) is 8.07 Å². The molecule has 362 valence electrons. The molecule has 0 spiro atoms. The van der Waals surface area contributed by atoms with E-state index in [9.17, 15) is 0 Å². The van der Waals surface area contributed by atoms with E-state index < -0.39 is 8.07 Å². The fourth-order valence-corrected chi connectivity index (χ4v) is 20.0. The van der Waals surface area contributed by atoms with Gasteiger partial charge in [-0.1, -0.05) is 242 Å². The molecule has 1 heteroatoms. The van der Waals surface area contributed by atoms with Gasteiger partial charge in [0.2, 0.25) is 0 Å².